The Morgan fingerprint density at radius 2 is 1.32 bits per heavy atom. The monoisotopic (exact) mass is 448 g/mol. The molecular weight excluding hydrogens is 412 g/mol. The van der Waals surface area contributed by atoms with Crippen molar-refractivity contribution in [2.24, 2.45) is 5.92 Å². The van der Waals surface area contributed by atoms with E-state index < -0.39 is 74.4 Å². The zero-order valence-corrected chi connectivity index (χ0v) is 17.5. The summed E-state index contributed by atoms with van der Waals surface area (Å²) in [7, 11) is 0. The molecule has 3 fully saturated rings. The van der Waals surface area contributed by atoms with Crippen molar-refractivity contribution in [3.8, 4) is 0 Å². The van der Waals surface area contributed by atoms with Gasteiger partial charge in [0, 0.05) is 0 Å². The van der Waals surface area contributed by atoms with E-state index in [0.29, 0.717) is 12.3 Å². The first-order valence-corrected chi connectivity index (χ1v) is 11.1. The predicted octanol–water partition coefficient (Wildman–Crippen LogP) is -1.82. The van der Waals surface area contributed by atoms with Gasteiger partial charge in [0.25, 0.3) is 0 Å². The number of aliphatic hydroxyl groups excluding tert-OH is 7. The molecule has 3 rings (SSSR count). The van der Waals surface area contributed by atoms with Crippen LogP contribution in [0.3, 0.4) is 0 Å². The minimum Gasteiger partial charge on any atom is -0.394 e. The predicted molar refractivity (Wildman–Crippen MR) is 107 cm³/mol. The van der Waals surface area contributed by atoms with Crippen LogP contribution < -0.4 is 0 Å². The molecule has 31 heavy (non-hydrogen) atoms. The molecule has 0 aromatic heterocycles. The summed E-state index contributed by atoms with van der Waals surface area (Å²) in [5, 5.41) is 70.3. The van der Waals surface area contributed by atoms with Crippen LogP contribution in [-0.2, 0) is 14.2 Å². The number of ether oxygens (including phenoxy) is 3. The van der Waals surface area contributed by atoms with Crippen LogP contribution in [0.1, 0.15) is 38.5 Å². The number of hydrogen-bond donors (Lipinski definition) is 7. The Labute approximate surface area is 181 Å². The molecule has 0 bridgehead atoms. The first kappa shape index (κ1) is 25.0. The maximum absolute atomic E-state index is 10.8. The van der Waals surface area contributed by atoms with Gasteiger partial charge in [0.15, 0.2) is 6.29 Å². The zero-order valence-electron chi connectivity index (χ0n) is 17.5. The van der Waals surface area contributed by atoms with Gasteiger partial charge in [-0.3, -0.25) is 0 Å². The molecule has 1 aliphatic carbocycles. The normalized spacial score (nSPS) is 45.3. The molecule has 0 radical (unpaired) electrons. The number of hydrogen-bond acceptors (Lipinski definition) is 10. The van der Waals surface area contributed by atoms with Gasteiger partial charge in [-0.15, -0.1) is 0 Å². The van der Waals surface area contributed by atoms with Crippen LogP contribution in [0.4, 0.5) is 0 Å². The molecule has 2 saturated heterocycles. The summed E-state index contributed by atoms with van der Waals surface area (Å²) in [6.07, 6.45) is -3.07. The second-order valence-electron chi connectivity index (χ2n) is 8.74. The molecule has 10 nitrogen and oxygen atoms in total. The Morgan fingerprint density at radius 1 is 0.710 bits per heavy atom. The Hall–Kier alpha value is -0.660. The number of allylic oxidation sites excluding steroid dienone is 1. The quantitative estimate of drug-likeness (QED) is 0.220. The highest BCUT2D eigenvalue weighted by atomic mass is 16.7. The second kappa shape index (κ2) is 11.5. The van der Waals surface area contributed by atoms with Crippen LogP contribution in [0.15, 0.2) is 12.2 Å². The first-order chi connectivity index (χ1) is 14.9. The van der Waals surface area contributed by atoms with E-state index in [2.05, 4.69) is 6.08 Å². The zero-order chi connectivity index (χ0) is 22.5. The van der Waals surface area contributed by atoms with Gasteiger partial charge < -0.3 is 50.0 Å². The van der Waals surface area contributed by atoms with E-state index in [1.807, 2.05) is 6.08 Å². The van der Waals surface area contributed by atoms with Gasteiger partial charge in [-0.2, -0.15) is 0 Å². The van der Waals surface area contributed by atoms with Crippen molar-refractivity contribution < 1.29 is 50.0 Å². The van der Waals surface area contributed by atoms with Crippen LogP contribution >= 0.6 is 0 Å². The Balaban J connectivity index is 1.66. The molecule has 0 spiro atoms. The van der Waals surface area contributed by atoms with Gasteiger partial charge in [-0.05, 0) is 25.2 Å². The minimum atomic E-state index is -1.67. The molecule has 7 N–H and O–H groups in total. The van der Waals surface area contributed by atoms with Crippen molar-refractivity contribution >= 4 is 0 Å². The van der Waals surface area contributed by atoms with Crippen molar-refractivity contribution in [3.63, 3.8) is 0 Å². The molecule has 3 aliphatic rings. The largest absolute Gasteiger partial charge is 0.394 e. The van der Waals surface area contributed by atoms with Crippen molar-refractivity contribution in [2.75, 3.05) is 13.2 Å². The van der Waals surface area contributed by atoms with Gasteiger partial charge in [0.1, 0.15) is 48.8 Å². The molecular formula is C21H36O10. The lowest BCUT2D eigenvalue weighted by Crippen LogP contribution is -2.64. The third kappa shape index (κ3) is 5.83. The summed E-state index contributed by atoms with van der Waals surface area (Å²) in [6.45, 7) is -1.14. The van der Waals surface area contributed by atoms with Crippen LogP contribution in [0.5, 0.6) is 0 Å². The maximum atomic E-state index is 10.8. The van der Waals surface area contributed by atoms with E-state index >= 15 is 0 Å². The van der Waals surface area contributed by atoms with Crippen molar-refractivity contribution in [3.05, 3.63) is 12.2 Å². The van der Waals surface area contributed by atoms with Crippen molar-refractivity contribution in [1.29, 1.82) is 0 Å². The van der Waals surface area contributed by atoms with E-state index in [4.69, 9.17) is 14.2 Å². The standard InChI is InChI=1S/C21H36O10/c22-9-13-15(24)18(27)19(28)21(30-13)31-20-16(25)12(29-14(10-23)17(20)26)8-4-7-11-5-2-1-3-6-11/h4,7,11-28H,1-3,5-6,8-10H2/b7-4+/t12-,13?,14?,15-,16?,17-,18?,19?,20?,21-/m1/s1. The second-order valence-corrected chi connectivity index (χ2v) is 8.74. The molecule has 2 aliphatic heterocycles. The third-order valence-corrected chi connectivity index (χ3v) is 6.53. The lowest BCUT2D eigenvalue weighted by atomic mass is 9.88. The highest BCUT2D eigenvalue weighted by Gasteiger charge is 2.50. The highest BCUT2D eigenvalue weighted by molar-refractivity contribution is 4.99. The average molecular weight is 449 g/mol. The summed E-state index contributed by atoms with van der Waals surface area (Å²) < 4.78 is 16.6. The van der Waals surface area contributed by atoms with Gasteiger partial charge in [0.2, 0.25) is 0 Å². The summed E-state index contributed by atoms with van der Waals surface area (Å²) in [6, 6.07) is 0. The average Bonchev–Trinajstić information content (AvgIpc) is 2.78. The fraction of sp³-hybridized carbons (Fsp3) is 0.905. The van der Waals surface area contributed by atoms with Crippen molar-refractivity contribution in [2.45, 2.75) is 99.8 Å². The van der Waals surface area contributed by atoms with E-state index in [1.165, 1.54) is 19.3 Å². The fourth-order valence-electron chi connectivity index (χ4n) is 4.58. The van der Waals surface area contributed by atoms with E-state index in [0.717, 1.165) is 12.8 Å². The summed E-state index contributed by atoms with van der Waals surface area (Å²) in [4.78, 5) is 0. The highest BCUT2D eigenvalue weighted by Crippen LogP contribution is 2.31. The maximum Gasteiger partial charge on any atom is 0.187 e. The fourth-order valence-corrected chi connectivity index (χ4v) is 4.58. The van der Waals surface area contributed by atoms with E-state index in [9.17, 15) is 35.7 Å². The molecule has 1 saturated carbocycles. The van der Waals surface area contributed by atoms with Crippen LogP contribution in [-0.4, -0.2) is 110 Å². The molecule has 10 atom stereocenters. The van der Waals surface area contributed by atoms with Gasteiger partial charge in [-0.1, -0.05) is 31.4 Å². The summed E-state index contributed by atoms with van der Waals surface area (Å²) in [5.74, 6) is 0.495. The van der Waals surface area contributed by atoms with E-state index in [1.54, 1.807) is 0 Å². The molecule has 0 aromatic rings. The molecule has 10 heteroatoms. The number of rotatable bonds is 7. The van der Waals surface area contributed by atoms with Crippen LogP contribution in [0.25, 0.3) is 0 Å². The Kier molecular flexibility index (Phi) is 9.23. The lowest BCUT2D eigenvalue weighted by molar-refractivity contribution is -0.341. The lowest BCUT2D eigenvalue weighted by Gasteiger charge is -2.46. The number of aliphatic hydroxyl groups is 7. The van der Waals surface area contributed by atoms with Crippen LogP contribution in [0, 0.1) is 5.92 Å². The molecule has 0 aromatic carbocycles. The minimum absolute atomic E-state index is 0.343. The first-order valence-electron chi connectivity index (χ1n) is 11.1. The van der Waals surface area contributed by atoms with Gasteiger partial charge >= 0.3 is 0 Å². The van der Waals surface area contributed by atoms with Gasteiger partial charge in [-0.25, -0.2) is 0 Å². The third-order valence-electron chi connectivity index (χ3n) is 6.53. The molecule has 0 amide bonds. The smallest absolute Gasteiger partial charge is 0.187 e. The van der Waals surface area contributed by atoms with Gasteiger partial charge in [0.05, 0.1) is 19.3 Å². The Morgan fingerprint density at radius 3 is 1.97 bits per heavy atom. The topological polar surface area (TPSA) is 169 Å². The van der Waals surface area contributed by atoms with E-state index in [-0.39, 0.29) is 0 Å². The Bertz CT molecular complexity index is 566. The SMILES string of the molecule is OCC1O[C@H](OC2C(O)[C@@H](C/C=C/C3CCCCC3)OC(CO)[C@H]2O)C(O)C(O)[C@@H]1O. The molecule has 2 heterocycles. The van der Waals surface area contributed by atoms with Crippen molar-refractivity contribution in [1.82, 2.24) is 0 Å². The van der Waals surface area contributed by atoms with Crippen LogP contribution in [0.2, 0.25) is 0 Å². The summed E-state index contributed by atoms with van der Waals surface area (Å²) >= 11 is 0. The molecule has 180 valence electrons. The summed E-state index contributed by atoms with van der Waals surface area (Å²) in [5.41, 5.74) is 0. The molecule has 6 unspecified atom stereocenters.